The quantitative estimate of drug-likeness (QED) is 0.734. The zero-order valence-corrected chi connectivity index (χ0v) is 12.0. The van der Waals surface area contributed by atoms with E-state index in [1.54, 1.807) is 24.3 Å². The highest BCUT2D eigenvalue weighted by Gasteiger charge is 2.15. The number of hydrogen-bond acceptors (Lipinski definition) is 4. The first kappa shape index (κ1) is 13.8. The van der Waals surface area contributed by atoms with Crippen LogP contribution >= 0.6 is 23.2 Å². The summed E-state index contributed by atoms with van der Waals surface area (Å²) in [5.74, 6) is -0.211. The maximum absolute atomic E-state index is 13.6. The van der Waals surface area contributed by atoms with Crippen LogP contribution in [0.1, 0.15) is 0 Å². The van der Waals surface area contributed by atoms with Gasteiger partial charge in [0.1, 0.15) is 5.82 Å². The second-order valence-corrected chi connectivity index (χ2v) is 5.01. The Bertz CT molecular complexity index is 818. The van der Waals surface area contributed by atoms with Crippen molar-refractivity contribution in [3.63, 3.8) is 0 Å². The third-order valence-corrected chi connectivity index (χ3v) is 3.70. The highest BCUT2D eigenvalue weighted by atomic mass is 35.5. The third-order valence-electron chi connectivity index (χ3n) is 2.89. The molecule has 0 unspecified atom stereocenters. The summed E-state index contributed by atoms with van der Waals surface area (Å²) in [5.41, 5.74) is 6.49. The second-order valence-electron chi connectivity index (χ2n) is 4.22. The first-order chi connectivity index (χ1) is 10.1. The van der Waals surface area contributed by atoms with E-state index in [4.69, 9.17) is 28.9 Å². The smallest absolute Gasteiger partial charge is 0.187 e. The monoisotopic (exact) mass is 323 g/mol. The van der Waals surface area contributed by atoms with Crippen molar-refractivity contribution in [1.29, 1.82) is 0 Å². The summed E-state index contributed by atoms with van der Waals surface area (Å²) in [6.07, 6.45) is 0. The molecule has 3 rings (SSSR count). The summed E-state index contributed by atoms with van der Waals surface area (Å²) < 4.78 is 15.0. The zero-order valence-electron chi connectivity index (χ0n) is 10.5. The van der Waals surface area contributed by atoms with Crippen molar-refractivity contribution in [2.24, 2.45) is 0 Å². The largest absolute Gasteiger partial charge is 0.396 e. The van der Waals surface area contributed by atoms with Gasteiger partial charge in [-0.15, -0.1) is 5.10 Å². The van der Waals surface area contributed by atoms with Gasteiger partial charge in [-0.1, -0.05) is 29.3 Å². The molecular weight excluding hydrogens is 316 g/mol. The van der Waals surface area contributed by atoms with Gasteiger partial charge in [-0.25, -0.2) is 4.39 Å². The molecule has 0 aliphatic carbocycles. The molecule has 106 valence electrons. The molecule has 5 nitrogen and oxygen atoms in total. The highest BCUT2D eigenvalue weighted by Crippen LogP contribution is 2.30. The molecule has 0 atom stereocenters. The van der Waals surface area contributed by atoms with Crippen molar-refractivity contribution in [3.8, 4) is 17.1 Å². The Kier molecular flexibility index (Phi) is 3.48. The molecular formula is C13H8Cl2FN5. The topological polar surface area (TPSA) is 69.6 Å². The minimum atomic E-state index is -0.542. The van der Waals surface area contributed by atoms with E-state index < -0.39 is 5.82 Å². The number of nitrogen functional groups attached to an aromatic ring is 1. The normalized spacial score (nSPS) is 10.8. The van der Waals surface area contributed by atoms with Crippen molar-refractivity contribution in [3.05, 3.63) is 52.3 Å². The average molecular weight is 324 g/mol. The van der Waals surface area contributed by atoms with Crippen LogP contribution < -0.4 is 5.73 Å². The average Bonchev–Trinajstić information content (AvgIpc) is 2.94. The van der Waals surface area contributed by atoms with E-state index in [1.165, 1.54) is 16.8 Å². The third kappa shape index (κ3) is 2.43. The number of benzene rings is 2. The van der Waals surface area contributed by atoms with Gasteiger partial charge in [0.25, 0.3) is 0 Å². The standard InChI is InChI=1S/C13H8Cl2FN5/c14-8-2-1-3-11(12(8)15)21-13(18-19-20-21)7-4-5-10(17)9(16)6-7/h1-6H,17H2. The lowest BCUT2D eigenvalue weighted by atomic mass is 10.2. The van der Waals surface area contributed by atoms with Crippen LogP contribution in [0.3, 0.4) is 0 Å². The van der Waals surface area contributed by atoms with Gasteiger partial charge in [0.2, 0.25) is 0 Å². The van der Waals surface area contributed by atoms with Crippen molar-refractivity contribution >= 4 is 28.9 Å². The highest BCUT2D eigenvalue weighted by molar-refractivity contribution is 6.43. The van der Waals surface area contributed by atoms with Crippen molar-refractivity contribution in [2.45, 2.75) is 0 Å². The van der Waals surface area contributed by atoms with E-state index in [-0.39, 0.29) is 5.69 Å². The lowest BCUT2D eigenvalue weighted by Crippen LogP contribution is -2.01. The fourth-order valence-electron chi connectivity index (χ4n) is 1.85. The van der Waals surface area contributed by atoms with Crippen LogP contribution in [0.15, 0.2) is 36.4 Å². The maximum atomic E-state index is 13.6. The van der Waals surface area contributed by atoms with Crippen molar-refractivity contribution < 1.29 is 4.39 Å². The Balaban J connectivity index is 2.17. The van der Waals surface area contributed by atoms with E-state index in [0.717, 1.165) is 0 Å². The summed E-state index contributed by atoms with van der Waals surface area (Å²) in [6, 6.07) is 9.42. The number of halogens is 3. The fourth-order valence-corrected chi connectivity index (χ4v) is 2.23. The van der Waals surface area contributed by atoms with Gasteiger partial charge in [0, 0.05) is 5.56 Å². The van der Waals surface area contributed by atoms with Crippen LogP contribution in [-0.4, -0.2) is 20.2 Å². The predicted molar refractivity (Wildman–Crippen MR) is 79.0 cm³/mol. The predicted octanol–water partition coefficient (Wildman–Crippen LogP) is 3.36. The SMILES string of the molecule is Nc1ccc(-c2nnnn2-c2cccc(Cl)c2Cl)cc1F. The molecule has 0 fully saturated rings. The van der Waals surface area contributed by atoms with Crippen molar-refractivity contribution in [1.82, 2.24) is 20.2 Å². The minimum Gasteiger partial charge on any atom is -0.396 e. The van der Waals surface area contributed by atoms with Gasteiger partial charge in [-0.05, 0) is 40.8 Å². The molecule has 2 N–H and O–H groups in total. The molecule has 0 radical (unpaired) electrons. The molecule has 0 saturated carbocycles. The molecule has 0 spiro atoms. The molecule has 0 aliphatic rings. The van der Waals surface area contributed by atoms with E-state index in [0.29, 0.717) is 27.1 Å². The summed E-state index contributed by atoms with van der Waals surface area (Å²) in [6.45, 7) is 0. The van der Waals surface area contributed by atoms with E-state index in [2.05, 4.69) is 15.5 Å². The zero-order chi connectivity index (χ0) is 15.0. The van der Waals surface area contributed by atoms with Gasteiger partial charge in [-0.2, -0.15) is 4.68 Å². The van der Waals surface area contributed by atoms with Crippen molar-refractivity contribution in [2.75, 3.05) is 5.73 Å². The number of hydrogen-bond donors (Lipinski definition) is 1. The molecule has 0 amide bonds. The Hall–Kier alpha value is -2.18. The number of nitrogens with zero attached hydrogens (tertiary/aromatic N) is 4. The van der Waals surface area contributed by atoms with Gasteiger partial charge < -0.3 is 5.73 Å². The molecule has 3 aromatic rings. The lowest BCUT2D eigenvalue weighted by Gasteiger charge is -2.08. The molecule has 0 aliphatic heterocycles. The lowest BCUT2D eigenvalue weighted by molar-refractivity contribution is 0.632. The van der Waals surface area contributed by atoms with E-state index in [9.17, 15) is 4.39 Å². The molecule has 1 aromatic heterocycles. The summed E-state index contributed by atoms with van der Waals surface area (Å²) in [7, 11) is 0. The number of nitrogens with two attached hydrogens (primary N) is 1. The number of rotatable bonds is 2. The van der Waals surface area contributed by atoms with Crippen LogP contribution in [-0.2, 0) is 0 Å². The van der Waals surface area contributed by atoms with Crippen LogP contribution in [0, 0.1) is 5.82 Å². The van der Waals surface area contributed by atoms with Crippen LogP contribution in [0.2, 0.25) is 10.0 Å². The summed E-state index contributed by atoms with van der Waals surface area (Å²) in [4.78, 5) is 0. The van der Waals surface area contributed by atoms with Gasteiger partial charge in [0.05, 0.1) is 21.4 Å². The number of anilines is 1. The van der Waals surface area contributed by atoms with Crippen LogP contribution in [0.25, 0.3) is 17.1 Å². The Labute approximate surface area is 129 Å². The Morgan fingerprint density at radius 1 is 1.14 bits per heavy atom. The Morgan fingerprint density at radius 2 is 1.95 bits per heavy atom. The number of tetrazole rings is 1. The summed E-state index contributed by atoms with van der Waals surface area (Å²) in [5, 5.41) is 12.1. The maximum Gasteiger partial charge on any atom is 0.187 e. The minimum absolute atomic E-state index is 0.0542. The van der Waals surface area contributed by atoms with Gasteiger partial charge in [-0.3, -0.25) is 0 Å². The van der Waals surface area contributed by atoms with E-state index >= 15 is 0 Å². The number of aromatic nitrogens is 4. The molecule has 0 saturated heterocycles. The second kappa shape index (κ2) is 5.31. The molecule has 8 heteroatoms. The van der Waals surface area contributed by atoms with Gasteiger partial charge >= 0.3 is 0 Å². The van der Waals surface area contributed by atoms with Crippen LogP contribution in [0.4, 0.5) is 10.1 Å². The fraction of sp³-hybridized carbons (Fsp3) is 0. The molecule has 1 heterocycles. The first-order valence-electron chi connectivity index (χ1n) is 5.86. The molecule has 21 heavy (non-hydrogen) atoms. The molecule has 0 bridgehead atoms. The Morgan fingerprint density at radius 3 is 2.71 bits per heavy atom. The molecule has 2 aromatic carbocycles. The van der Waals surface area contributed by atoms with Gasteiger partial charge in [0.15, 0.2) is 5.82 Å². The van der Waals surface area contributed by atoms with E-state index in [1.807, 2.05) is 0 Å². The summed E-state index contributed by atoms with van der Waals surface area (Å²) >= 11 is 12.1. The van der Waals surface area contributed by atoms with Crippen LogP contribution in [0.5, 0.6) is 0 Å². The first-order valence-corrected chi connectivity index (χ1v) is 6.61.